The number of allylic oxidation sites excluding steroid dienone is 2. The fourth-order valence-corrected chi connectivity index (χ4v) is 2.25. The van der Waals surface area contributed by atoms with Crippen molar-refractivity contribution in [1.29, 1.82) is 0 Å². The second kappa shape index (κ2) is 7.95. The van der Waals surface area contributed by atoms with Crippen LogP contribution >= 0.6 is 23.2 Å². The molecule has 24 heavy (non-hydrogen) atoms. The zero-order chi connectivity index (χ0) is 17.7. The van der Waals surface area contributed by atoms with Gasteiger partial charge in [0, 0.05) is 11.9 Å². The standard InChI is InChI=1S/C17H14Cl2N2O3/c1-10(22)17(11(2)23)21-20-14-5-3-4-6-16(14)24-15-8-7-12(18)9-13(15)19/h3-9,22H,1-2H3/b17-10-,21-20?. The van der Waals surface area contributed by atoms with Gasteiger partial charge in [-0.25, -0.2) is 0 Å². The molecule has 2 aromatic rings. The number of carbonyl (C=O) groups is 1. The van der Waals surface area contributed by atoms with Crippen LogP contribution in [0.5, 0.6) is 11.5 Å². The van der Waals surface area contributed by atoms with Crippen LogP contribution in [-0.4, -0.2) is 10.9 Å². The van der Waals surface area contributed by atoms with E-state index in [1.165, 1.54) is 13.8 Å². The number of para-hydroxylation sites is 1. The summed E-state index contributed by atoms with van der Waals surface area (Å²) < 4.78 is 5.74. The Balaban J connectivity index is 2.34. The molecule has 2 aromatic carbocycles. The van der Waals surface area contributed by atoms with Crippen molar-refractivity contribution in [1.82, 2.24) is 0 Å². The highest BCUT2D eigenvalue weighted by Gasteiger charge is 2.10. The summed E-state index contributed by atoms with van der Waals surface area (Å²) >= 11 is 12.0. The molecule has 0 heterocycles. The molecule has 0 aliphatic rings. The maximum atomic E-state index is 11.4. The summed E-state index contributed by atoms with van der Waals surface area (Å²) in [5, 5.41) is 18.1. The zero-order valence-electron chi connectivity index (χ0n) is 13.0. The highest BCUT2D eigenvalue weighted by Crippen LogP contribution is 2.36. The van der Waals surface area contributed by atoms with E-state index >= 15 is 0 Å². The van der Waals surface area contributed by atoms with Crippen LogP contribution in [0.4, 0.5) is 5.69 Å². The first-order valence-electron chi connectivity index (χ1n) is 6.93. The topological polar surface area (TPSA) is 71.2 Å². The third-order valence-electron chi connectivity index (χ3n) is 2.91. The molecule has 0 atom stereocenters. The van der Waals surface area contributed by atoms with Gasteiger partial charge in [-0.2, -0.15) is 0 Å². The van der Waals surface area contributed by atoms with E-state index in [1.54, 1.807) is 42.5 Å². The number of azo groups is 1. The van der Waals surface area contributed by atoms with Crippen LogP contribution in [0.1, 0.15) is 13.8 Å². The number of ether oxygens (including phenoxy) is 1. The highest BCUT2D eigenvalue weighted by molar-refractivity contribution is 6.35. The number of nitrogens with zero attached hydrogens (tertiary/aromatic N) is 2. The maximum Gasteiger partial charge on any atom is 0.183 e. The van der Waals surface area contributed by atoms with Gasteiger partial charge in [0.25, 0.3) is 0 Å². The number of aliphatic hydroxyl groups excluding tert-OH is 1. The molecule has 0 aliphatic carbocycles. The van der Waals surface area contributed by atoms with Crippen LogP contribution in [-0.2, 0) is 4.79 Å². The highest BCUT2D eigenvalue weighted by atomic mass is 35.5. The van der Waals surface area contributed by atoms with Crippen LogP contribution in [0.2, 0.25) is 10.0 Å². The van der Waals surface area contributed by atoms with Gasteiger partial charge in [-0.05, 0) is 37.3 Å². The molecule has 0 radical (unpaired) electrons. The van der Waals surface area contributed by atoms with E-state index in [2.05, 4.69) is 10.2 Å². The lowest BCUT2D eigenvalue weighted by Crippen LogP contribution is -1.96. The number of rotatable bonds is 5. The molecule has 1 N–H and O–H groups in total. The van der Waals surface area contributed by atoms with Gasteiger partial charge in [-0.1, -0.05) is 35.3 Å². The first kappa shape index (κ1) is 18.0. The van der Waals surface area contributed by atoms with E-state index in [1.807, 2.05) is 0 Å². The molecule has 2 rings (SSSR count). The van der Waals surface area contributed by atoms with Crippen molar-refractivity contribution in [3.05, 3.63) is 64.0 Å². The maximum absolute atomic E-state index is 11.4. The van der Waals surface area contributed by atoms with Crippen molar-refractivity contribution in [2.24, 2.45) is 10.2 Å². The number of hydrogen-bond acceptors (Lipinski definition) is 5. The van der Waals surface area contributed by atoms with E-state index in [9.17, 15) is 9.90 Å². The molecule has 0 aromatic heterocycles. The molecular weight excluding hydrogens is 351 g/mol. The number of ketones is 1. The van der Waals surface area contributed by atoms with Crippen LogP contribution in [0.3, 0.4) is 0 Å². The smallest absolute Gasteiger partial charge is 0.183 e. The minimum atomic E-state index is -0.391. The van der Waals surface area contributed by atoms with Crippen molar-refractivity contribution < 1.29 is 14.6 Å². The van der Waals surface area contributed by atoms with Crippen LogP contribution < -0.4 is 4.74 Å². The van der Waals surface area contributed by atoms with E-state index in [0.29, 0.717) is 27.2 Å². The molecule has 0 aliphatic heterocycles. The lowest BCUT2D eigenvalue weighted by Gasteiger charge is -2.09. The Bertz CT molecular complexity index is 828. The largest absolute Gasteiger partial charge is 0.510 e. The fraction of sp³-hybridized carbons (Fsp3) is 0.118. The van der Waals surface area contributed by atoms with Gasteiger partial charge >= 0.3 is 0 Å². The summed E-state index contributed by atoms with van der Waals surface area (Å²) in [6.45, 7) is 2.66. The lowest BCUT2D eigenvalue weighted by atomic mass is 10.3. The average Bonchev–Trinajstić information content (AvgIpc) is 2.51. The Morgan fingerprint density at radius 3 is 2.42 bits per heavy atom. The Kier molecular flexibility index (Phi) is 5.95. The van der Waals surface area contributed by atoms with E-state index in [0.717, 1.165) is 0 Å². The Morgan fingerprint density at radius 2 is 1.79 bits per heavy atom. The molecule has 0 fully saturated rings. The van der Waals surface area contributed by atoms with Crippen molar-refractivity contribution in [3.8, 4) is 11.5 Å². The number of Topliss-reactive ketones (excluding diaryl/α,β-unsaturated/α-hetero) is 1. The zero-order valence-corrected chi connectivity index (χ0v) is 14.5. The molecular formula is C17H14Cl2N2O3. The van der Waals surface area contributed by atoms with Gasteiger partial charge in [-0.3, -0.25) is 4.79 Å². The van der Waals surface area contributed by atoms with Gasteiger partial charge in [-0.15, -0.1) is 10.2 Å². The van der Waals surface area contributed by atoms with Gasteiger partial charge < -0.3 is 9.84 Å². The second-order valence-electron chi connectivity index (χ2n) is 4.83. The fourth-order valence-electron chi connectivity index (χ4n) is 1.80. The van der Waals surface area contributed by atoms with Crippen molar-refractivity contribution in [3.63, 3.8) is 0 Å². The summed E-state index contributed by atoms with van der Waals surface area (Å²) in [6.07, 6.45) is 0. The Hall–Kier alpha value is -2.37. The second-order valence-corrected chi connectivity index (χ2v) is 5.68. The summed E-state index contributed by atoms with van der Waals surface area (Å²) in [7, 11) is 0. The third kappa shape index (κ3) is 4.57. The average molecular weight is 365 g/mol. The predicted octanol–water partition coefficient (Wildman–Crippen LogP) is 6.25. The molecule has 0 spiro atoms. The Labute approximate surface area is 149 Å². The molecule has 0 unspecified atom stereocenters. The number of benzene rings is 2. The quantitative estimate of drug-likeness (QED) is 0.387. The third-order valence-corrected chi connectivity index (χ3v) is 3.44. The first-order valence-corrected chi connectivity index (χ1v) is 7.68. The number of hydrogen-bond donors (Lipinski definition) is 1. The SMILES string of the molecule is CC(=O)/C(N=Nc1ccccc1Oc1ccc(Cl)cc1Cl)=C(\C)O. The summed E-state index contributed by atoms with van der Waals surface area (Å²) in [5.74, 6) is 0.205. The van der Waals surface area contributed by atoms with Crippen molar-refractivity contribution in [2.45, 2.75) is 13.8 Å². The van der Waals surface area contributed by atoms with Crippen molar-refractivity contribution in [2.75, 3.05) is 0 Å². The first-order chi connectivity index (χ1) is 11.4. The molecule has 0 saturated heterocycles. The minimum absolute atomic E-state index is 0.116. The van der Waals surface area contributed by atoms with Gasteiger partial charge in [0.1, 0.15) is 17.2 Å². The predicted molar refractivity (Wildman–Crippen MR) is 93.5 cm³/mol. The number of halogens is 2. The molecule has 0 amide bonds. The van der Waals surface area contributed by atoms with E-state index < -0.39 is 5.78 Å². The summed E-state index contributed by atoms with van der Waals surface area (Å²) in [4.78, 5) is 11.4. The number of carbonyl (C=O) groups excluding carboxylic acids is 1. The number of aliphatic hydroxyl groups is 1. The van der Waals surface area contributed by atoms with E-state index in [4.69, 9.17) is 27.9 Å². The van der Waals surface area contributed by atoms with Crippen LogP contribution in [0.15, 0.2) is 64.1 Å². The van der Waals surface area contributed by atoms with Gasteiger partial charge in [0.15, 0.2) is 17.2 Å². The normalized spacial score (nSPS) is 12.2. The van der Waals surface area contributed by atoms with Gasteiger partial charge in [0.2, 0.25) is 0 Å². The van der Waals surface area contributed by atoms with Crippen LogP contribution in [0.25, 0.3) is 0 Å². The van der Waals surface area contributed by atoms with Crippen molar-refractivity contribution >= 4 is 34.7 Å². The lowest BCUT2D eigenvalue weighted by molar-refractivity contribution is -0.113. The molecule has 0 saturated carbocycles. The molecule has 124 valence electrons. The Morgan fingerprint density at radius 1 is 1.08 bits per heavy atom. The monoisotopic (exact) mass is 364 g/mol. The minimum Gasteiger partial charge on any atom is -0.510 e. The van der Waals surface area contributed by atoms with E-state index in [-0.39, 0.29) is 11.5 Å². The molecule has 5 nitrogen and oxygen atoms in total. The summed E-state index contributed by atoms with van der Waals surface area (Å²) in [6, 6.07) is 11.7. The molecule has 0 bridgehead atoms. The molecule has 7 heteroatoms. The van der Waals surface area contributed by atoms with Gasteiger partial charge in [0.05, 0.1) is 5.02 Å². The van der Waals surface area contributed by atoms with Crippen LogP contribution in [0, 0.1) is 0 Å². The summed E-state index contributed by atoms with van der Waals surface area (Å²) in [5.41, 5.74) is 0.262.